The van der Waals surface area contributed by atoms with Gasteiger partial charge in [-0.25, -0.2) is 9.78 Å². The zero-order valence-corrected chi connectivity index (χ0v) is 22.7. The molecule has 0 saturated heterocycles. The topological polar surface area (TPSA) is 75.2 Å². The Balaban J connectivity index is 0.00000353. The lowest BCUT2D eigenvalue weighted by Crippen LogP contribution is -2.28. The first kappa shape index (κ1) is 28.0. The third-order valence-electron chi connectivity index (χ3n) is 6.91. The van der Waals surface area contributed by atoms with Gasteiger partial charge in [0.15, 0.2) is 0 Å². The quantitative estimate of drug-likeness (QED) is 0.184. The Kier molecular flexibility index (Phi) is 8.82. The molecule has 0 aliphatic heterocycles. The van der Waals surface area contributed by atoms with Crippen molar-refractivity contribution >= 4 is 50.9 Å². The van der Waals surface area contributed by atoms with Crippen molar-refractivity contribution in [3.8, 4) is 5.75 Å². The van der Waals surface area contributed by atoms with Gasteiger partial charge in [-0.1, -0.05) is 44.5 Å². The Morgan fingerprint density at radius 3 is 2.69 bits per heavy atom. The van der Waals surface area contributed by atoms with Crippen LogP contribution in [0, 0.1) is 0 Å². The number of hydrogen-bond acceptors (Lipinski definition) is 4. The van der Waals surface area contributed by atoms with E-state index in [-0.39, 0.29) is 13.5 Å². The van der Waals surface area contributed by atoms with Crippen molar-refractivity contribution in [2.24, 2.45) is 0 Å². The number of carbonyl (C=O) groups is 1. The average Bonchev–Trinajstić information content (AvgIpc) is 3.54. The van der Waals surface area contributed by atoms with Crippen LogP contribution >= 0.6 is 11.6 Å². The van der Waals surface area contributed by atoms with Gasteiger partial charge < -0.3 is 19.9 Å². The number of hydrogen-bond donors (Lipinski definition) is 2. The molecule has 5 aromatic rings. The molecule has 1 amide bonds. The number of amides is 1. The van der Waals surface area contributed by atoms with E-state index >= 15 is 0 Å². The van der Waals surface area contributed by atoms with Crippen molar-refractivity contribution in [1.29, 1.82) is 0 Å². The van der Waals surface area contributed by atoms with Gasteiger partial charge in [-0.2, -0.15) is 0 Å². The fraction of sp³-hybridized carbons (Fsp3) is 0.290. The Labute approximate surface area is 234 Å². The molecule has 204 valence electrons. The number of nitrogens with zero attached hydrogens (tertiary/aromatic N) is 3. The SMILES string of the molecule is C.CCCCNC(=O)n1ccc2c(Cc3c[nH]c4ncc(N(CC)c5ccc(OC)c(Cl)c5)cc34)cccc21. The number of methoxy groups -OCH3 is 1. The number of rotatable bonds is 9. The molecule has 3 aromatic heterocycles. The molecule has 0 fully saturated rings. The minimum absolute atomic E-state index is 0. The highest BCUT2D eigenvalue weighted by atomic mass is 35.5. The van der Waals surface area contributed by atoms with Gasteiger partial charge in [0.2, 0.25) is 0 Å². The molecule has 0 radical (unpaired) electrons. The zero-order chi connectivity index (χ0) is 26.6. The Hall–Kier alpha value is -3.97. The van der Waals surface area contributed by atoms with Crippen LogP contribution in [0.25, 0.3) is 21.9 Å². The molecular formula is C31H36ClN5O2. The van der Waals surface area contributed by atoms with Crippen LogP contribution in [0.15, 0.2) is 67.1 Å². The first-order valence-electron chi connectivity index (χ1n) is 13.0. The number of ether oxygens (including phenoxy) is 1. The number of aromatic amines is 1. The van der Waals surface area contributed by atoms with Gasteiger partial charge in [0, 0.05) is 48.4 Å². The number of fused-ring (bicyclic) bond motifs is 2. The van der Waals surface area contributed by atoms with E-state index in [1.807, 2.05) is 55.0 Å². The van der Waals surface area contributed by atoms with Crippen molar-refractivity contribution in [3.05, 3.63) is 83.3 Å². The van der Waals surface area contributed by atoms with Gasteiger partial charge >= 0.3 is 6.03 Å². The van der Waals surface area contributed by atoms with E-state index in [0.29, 0.717) is 23.7 Å². The van der Waals surface area contributed by atoms with Gasteiger partial charge in [0.25, 0.3) is 0 Å². The number of anilines is 2. The molecule has 0 bridgehead atoms. The number of H-pyrrole nitrogens is 1. The highest BCUT2D eigenvalue weighted by Gasteiger charge is 2.16. The van der Waals surface area contributed by atoms with Crippen LogP contribution in [-0.2, 0) is 6.42 Å². The van der Waals surface area contributed by atoms with Gasteiger partial charge in [-0.15, -0.1) is 0 Å². The van der Waals surface area contributed by atoms with Crippen LogP contribution in [0.4, 0.5) is 16.2 Å². The molecule has 39 heavy (non-hydrogen) atoms. The summed E-state index contributed by atoms with van der Waals surface area (Å²) in [6.07, 6.45) is 8.47. The average molecular weight is 546 g/mol. The molecule has 0 unspecified atom stereocenters. The first-order valence-corrected chi connectivity index (χ1v) is 13.4. The minimum Gasteiger partial charge on any atom is -0.495 e. The number of pyridine rings is 1. The van der Waals surface area contributed by atoms with E-state index in [1.54, 1.807) is 11.7 Å². The molecular weight excluding hydrogens is 510 g/mol. The highest BCUT2D eigenvalue weighted by molar-refractivity contribution is 6.32. The molecule has 7 nitrogen and oxygen atoms in total. The van der Waals surface area contributed by atoms with Gasteiger partial charge in [0.1, 0.15) is 11.4 Å². The lowest BCUT2D eigenvalue weighted by molar-refractivity contribution is 0.243. The highest BCUT2D eigenvalue weighted by Crippen LogP contribution is 2.34. The van der Waals surface area contributed by atoms with Gasteiger partial charge in [0.05, 0.1) is 29.5 Å². The van der Waals surface area contributed by atoms with Crippen LogP contribution in [0.1, 0.15) is 45.2 Å². The summed E-state index contributed by atoms with van der Waals surface area (Å²) >= 11 is 6.41. The van der Waals surface area contributed by atoms with E-state index < -0.39 is 0 Å². The van der Waals surface area contributed by atoms with Gasteiger partial charge in [-0.3, -0.25) is 4.57 Å². The van der Waals surface area contributed by atoms with E-state index in [4.69, 9.17) is 21.3 Å². The molecule has 2 N–H and O–H groups in total. The fourth-order valence-corrected chi connectivity index (χ4v) is 5.16. The zero-order valence-electron chi connectivity index (χ0n) is 21.9. The maximum Gasteiger partial charge on any atom is 0.326 e. The number of aromatic nitrogens is 3. The summed E-state index contributed by atoms with van der Waals surface area (Å²) in [6.45, 7) is 5.64. The Morgan fingerprint density at radius 2 is 1.95 bits per heavy atom. The molecule has 0 aliphatic rings. The van der Waals surface area contributed by atoms with E-state index in [2.05, 4.69) is 41.2 Å². The monoisotopic (exact) mass is 545 g/mol. The van der Waals surface area contributed by atoms with E-state index in [1.165, 1.54) is 0 Å². The largest absolute Gasteiger partial charge is 0.495 e. The second kappa shape index (κ2) is 12.3. The van der Waals surface area contributed by atoms with Crippen LogP contribution in [0.3, 0.4) is 0 Å². The summed E-state index contributed by atoms with van der Waals surface area (Å²) in [5, 5.41) is 5.71. The Bertz CT molecular complexity index is 1590. The summed E-state index contributed by atoms with van der Waals surface area (Å²) in [7, 11) is 1.61. The summed E-state index contributed by atoms with van der Waals surface area (Å²) in [5.41, 5.74) is 6.00. The molecule has 0 atom stereocenters. The van der Waals surface area contributed by atoms with Crippen molar-refractivity contribution < 1.29 is 9.53 Å². The fourth-order valence-electron chi connectivity index (χ4n) is 4.90. The Morgan fingerprint density at radius 1 is 1.10 bits per heavy atom. The molecule has 0 spiro atoms. The van der Waals surface area contributed by atoms with E-state index in [0.717, 1.165) is 63.8 Å². The number of unbranched alkanes of at least 4 members (excludes halogenated alkanes) is 1. The van der Waals surface area contributed by atoms with Crippen LogP contribution in [0.5, 0.6) is 5.75 Å². The minimum atomic E-state index is -0.0928. The molecule has 2 aromatic carbocycles. The van der Waals surface area contributed by atoms with Crippen molar-refractivity contribution in [2.75, 3.05) is 25.1 Å². The lowest BCUT2D eigenvalue weighted by Gasteiger charge is -2.23. The second-order valence-electron chi connectivity index (χ2n) is 9.26. The summed E-state index contributed by atoms with van der Waals surface area (Å²) in [6, 6.07) is 16.0. The number of nitrogens with one attached hydrogen (secondary N) is 2. The summed E-state index contributed by atoms with van der Waals surface area (Å²) in [4.78, 5) is 22.9. The van der Waals surface area contributed by atoms with E-state index in [9.17, 15) is 4.79 Å². The molecule has 0 saturated carbocycles. The summed E-state index contributed by atoms with van der Waals surface area (Å²) in [5.74, 6) is 0.648. The number of halogens is 1. The number of benzene rings is 2. The molecule has 5 rings (SSSR count). The van der Waals surface area contributed by atoms with Crippen LogP contribution in [0.2, 0.25) is 5.02 Å². The third-order valence-corrected chi connectivity index (χ3v) is 7.20. The lowest BCUT2D eigenvalue weighted by atomic mass is 10.0. The van der Waals surface area contributed by atoms with Crippen molar-refractivity contribution in [1.82, 2.24) is 19.9 Å². The third kappa shape index (κ3) is 5.59. The molecule has 8 heteroatoms. The molecule has 0 aliphatic carbocycles. The molecule has 3 heterocycles. The number of carbonyl (C=O) groups excluding carboxylic acids is 1. The second-order valence-corrected chi connectivity index (χ2v) is 9.67. The smallest absolute Gasteiger partial charge is 0.326 e. The van der Waals surface area contributed by atoms with Crippen molar-refractivity contribution in [2.45, 2.75) is 40.5 Å². The van der Waals surface area contributed by atoms with Crippen LogP contribution < -0.4 is 15.0 Å². The van der Waals surface area contributed by atoms with Crippen molar-refractivity contribution in [3.63, 3.8) is 0 Å². The van der Waals surface area contributed by atoms with Crippen LogP contribution in [-0.4, -0.2) is 40.8 Å². The maximum absolute atomic E-state index is 12.7. The normalized spacial score (nSPS) is 11.0. The standard InChI is InChI=1S/C30H32ClN5O2.CH4/c1-4-6-13-32-30(37)36-14-12-24-20(8-7-9-27(24)36)15-21-18-33-29-25(21)16-23(19-34-29)35(5-2)22-10-11-28(38-3)26(31)17-22;/h7-12,14,16-19H,4-6,13,15H2,1-3H3,(H,32,37)(H,33,34);1H4. The maximum atomic E-state index is 12.7. The summed E-state index contributed by atoms with van der Waals surface area (Å²) < 4.78 is 7.01. The first-order chi connectivity index (χ1) is 18.5. The van der Waals surface area contributed by atoms with Gasteiger partial charge in [-0.05, 0) is 60.9 Å². The predicted molar refractivity (Wildman–Crippen MR) is 162 cm³/mol. The predicted octanol–water partition coefficient (Wildman–Crippen LogP) is 7.92.